The zero-order chi connectivity index (χ0) is 35.0. The first kappa shape index (κ1) is 29.4. The van der Waals surface area contributed by atoms with E-state index in [2.05, 4.69) is 161 Å². The van der Waals surface area contributed by atoms with Gasteiger partial charge < -0.3 is 13.6 Å². The Bertz CT molecular complexity index is 3280. The van der Waals surface area contributed by atoms with E-state index in [-0.39, 0.29) is 0 Å². The van der Waals surface area contributed by atoms with Crippen LogP contribution in [0.25, 0.3) is 99.2 Å². The monoisotopic (exact) mass is 675 g/mol. The highest BCUT2D eigenvalue weighted by atomic mass is 16.3. The third-order valence-electron chi connectivity index (χ3n) is 10.8. The Hall–Kier alpha value is -7.35. The Balaban J connectivity index is 1.06. The average Bonchev–Trinajstić information content (AvgIpc) is 3.87. The van der Waals surface area contributed by atoms with Crippen LogP contribution in [0.5, 0.6) is 0 Å². The number of hydrogen-bond acceptors (Lipinski definition) is 2. The van der Waals surface area contributed by atoms with Gasteiger partial charge in [-0.25, -0.2) is 0 Å². The third-order valence-corrected chi connectivity index (χ3v) is 10.8. The summed E-state index contributed by atoms with van der Waals surface area (Å²) in [5.74, 6) is 0. The normalized spacial score (nSPS) is 11.8. The molecule has 0 bridgehead atoms. The van der Waals surface area contributed by atoms with Gasteiger partial charge in [0.2, 0.25) is 0 Å². The number of rotatable bonds is 4. The van der Waals surface area contributed by atoms with Crippen molar-refractivity contribution in [3.05, 3.63) is 181 Å². The minimum atomic E-state index is 0.653. The molecule has 0 aliphatic carbocycles. The van der Waals surface area contributed by atoms with Crippen molar-refractivity contribution >= 4 is 65.6 Å². The van der Waals surface area contributed by atoms with Crippen molar-refractivity contribution in [2.24, 2.45) is 0 Å². The smallest absolute Gasteiger partial charge is 0.135 e. The fraction of sp³-hybridized carbons (Fsp3) is 0. The van der Waals surface area contributed by atoms with E-state index in [1.165, 1.54) is 43.7 Å². The summed E-state index contributed by atoms with van der Waals surface area (Å²) in [4.78, 5) is 0. The van der Waals surface area contributed by atoms with Gasteiger partial charge in [0.15, 0.2) is 0 Å². The fourth-order valence-corrected chi connectivity index (χ4v) is 8.26. The fourth-order valence-electron chi connectivity index (χ4n) is 8.26. The topological polar surface area (TPSA) is 46.8 Å². The predicted molar refractivity (Wildman–Crippen MR) is 218 cm³/mol. The van der Waals surface area contributed by atoms with Crippen LogP contribution < -0.4 is 0 Å². The second-order valence-electron chi connectivity index (χ2n) is 13.7. The van der Waals surface area contributed by atoms with Crippen LogP contribution in [-0.4, -0.2) is 9.13 Å². The Morgan fingerprint density at radius 2 is 0.830 bits per heavy atom. The Morgan fingerprint density at radius 1 is 0.358 bits per heavy atom. The van der Waals surface area contributed by atoms with E-state index in [4.69, 9.17) is 4.42 Å². The molecule has 4 heteroatoms. The molecule has 0 radical (unpaired) electrons. The molecule has 0 fully saturated rings. The zero-order valence-corrected chi connectivity index (χ0v) is 28.5. The standard InChI is InChI=1S/C49H29N3O/c50-30-31-14-16-32(17-15-31)33-20-24-48-42(28-33)43-29-37(21-25-49(43)53-48)52-45-13-7-5-11-39(45)41-27-35(19-23-47(41)52)34-18-22-46-40(26-34)38-10-4-6-12-44(38)51(46)36-8-2-1-3-9-36/h1-29H. The van der Waals surface area contributed by atoms with Crippen LogP contribution in [0.15, 0.2) is 180 Å². The summed E-state index contributed by atoms with van der Waals surface area (Å²) in [6.07, 6.45) is 0. The Morgan fingerprint density at radius 3 is 1.47 bits per heavy atom. The molecular formula is C49H29N3O. The number of aromatic nitrogens is 2. The van der Waals surface area contributed by atoms with Crippen molar-refractivity contribution in [3.8, 4) is 39.7 Å². The first-order chi connectivity index (χ1) is 26.2. The van der Waals surface area contributed by atoms with E-state index in [0.29, 0.717) is 5.56 Å². The lowest BCUT2D eigenvalue weighted by molar-refractivity contribution is 0.669. The van der Waals surface area contributed by atoms with Gasteiger partial charge in [0.25, 0.3) is 0 Å². The first-order valence-corrected chi connectivity index (χ1v) is 17.8. The number of hydrogen-bond donors (Lipinski definition) is 0. The average molecular weight is 676 g/mol. The third kappa shape index (κ3) is 4.48. The molecule has 3 aromatic heterocycles. The molecule has 53 heavy (non-hydrogen) atoms. The lowest BCUT2D eigenvalue weighted by Gasteiger charge is -2.09. The lowest BCUT2D eigenvalue weighted by Crippen LogP contribution is -1.93. The summed E-state index contributed by atoms with van der Waals surface area (Å²) >= 11 is 0. The van der Waals surface area contributed by atoms with E-state index < -0.39 is 0 Å². The van der Waals surface area contributed by atoms with Gasteiger partial charge in [-0.3, -0.25) is 0 Å². The molecular weight excluding hydrogens is 647 g/mol. The highest BCUT2D eigenvalue weighted by Crippen LogP contribution is 2.40. The van der Waals surface area contributed by atoms with E-state index >= 15 is 0 Å². The molecule has 8 aromatic carbocycles. The quantitative estimate of drug-likeness (QED) is 0.186. The van der Waals surface area contributed by atoms with Crippen LogP contribution in [0, 0.1) is 11.3 Å². The molecule has 0 atom stereocenters. The van der Waals surface area contributed by atoms with Crippen LogP contribution in [0.1, 0.15) is 5.56 Å². The highest BCUT2D eigenvalue weighted by Gasteiger charge is 2.17. The van der Waals surface area contributed by atoms with E-state index in [9.17, 15) is 5.26 Å². The molecule has 0 amide bonds. The second kappa shape index (κ2) is 11.3. The minimum absolute atomic E-state index is 0.653. The summed E-state index contributed by atoms with van der Waals surface area (Å²) in [6, 6.07) is 64.4. The molecule has 0 N–H and O–H groups in total. The molecule has 0 aliphatic rings. The maximum absolute atomic E-state index is 9.27. The van der Waals surface area contributed by atoms with Gasteiger partial charge >= 0.3 is 0 Å². The Kier molecular flexibility index (Phi) is 6.28. The van der Waals surface area contributed by atoms with Crippen LogP contribution in [-0.2, 0) is 0 Å². The molecule has 0 spiro atoms. The molecule has 0 saturated carbocycles. The van der Waals surface area contributed by atoms with Gasteiger partial charge in [-0.1, -0.05) is 84.9 Å². The predicted octanol–water partition coefficient (Wildman–Crippen LogP) is 13.0. The van der Waals surface area contributed by atoms with Gasteiger partial charge in [0.1, 0.15) is 11.2 Å². The largest absolute Gasteiger partial charge is 0.456 e. The van der Waals surface area contributed by atoms with Gasteiger partial charge in [0.05, 0.1) is 33.7 Å². The maximum atomic E-state index is 9.27. The van der Waals surface area contributed by atoms with Crippen molar-refractivity contribution in [2.45, 2.75) is 0 Å². The molecule has 0 unspecified atom stereocenters. The highest BCUT2D eigenvalue weighted by molar-refractivity contribution is 6.13. The summed E-state index contributed by atoms with van der Waals surface area (Å²) in [5.41, 5.74) is 13.8. The molecule has 0 saturated heterocycles. The second-order valence-corrected chi connectivity index (χ2v) is 13.7. The van der Waals surface area contributed by atoms with Gasteiger partial charge in [0, 0.05) is 43.7 Å². The molecule has 4 nitrogen and oxygen atoms in total. The Labute approximate surface area is 304 Å². The maximum Gasteiger partial charge on any atom is 0.135 e. The molecule has 11 aromatic rings. The molecule has 3 heterocycles. The van der Waals surface area contributed by atoms with Crippen LogP contribution in [0.4, 0.5) is 0 Å². The van der Waals surface area contributed by atoms with E-state index in [1.807, 2.05) is 30.3 Å². The molecule has 11 rings (SSSR count). The SMILES string of the molecule is N#Cc1ccc(-c2ccc3oc4ccc(-n5c6ccccc6c6cc(-c7ccc8c(c7)c7ccccc7n8-c7ccccc7)ccc65)cc4c3c2)cc1. The van der Waals surface area contributed by atoms with Gasteiger partial charge in [-0.05, 0) is 113 Å². The zero-order valence-electron chi connectivity index (χ0n) is 28.5. The van der Waals surface area contributed by atoms with E-state index in [0.717, 1.165) is 55.5 Å². The van der Waals surface area contributed by atoms with Crippen molar-refractivity contribution in [3.63, 3.8) is 0 Å². The van der Waals surface area contributed by atoms with Crippen LogP contribution >= 0.6 is 0 Å². The molecule has 0 aliphatic heterocycles. The van der Waals surface area contributed by atoms with Crippen LogP contribution in [0.2, 0.25) is 0 Å². The number of nitrogens with zero attached hydrogens (tertiary/aromatic N) is 3. The number of nitriles is 1. The van der Waals surface area contributed by atoms with Crippen LogP contribution in [0.3, 0.4) is 0 Å². The molecule has 246 valence electrons. The number of fused-ring (bicyclic) bond motifs is 9. The minimum Gasteiger partial charge on any atom is -0.456 e. The number of furan rings is 1. The van der Waals surface area contributed by atoms with E-state index in [1.54, 1.807) is 0 Å². The van der Waals surface area contributed by atoms with Crippen molar-refractivity contribution in [1.82, 2.24) is 9.13 Å². The van der Waals surface area contributed by atoms with Crippen molar-refractivity contribution in [2.75, 3.05) is 0 Å². The van der Waals surface area contributed by atoms with Crippen molar-refractivity contribution < 1.29 is 4.42 Å². The van der Waals surface area contributed by atoms with Crippen molar-refractivity contribution in [1.29, 1.82) is 5.26 Å². The summed E-state index contributed by atoms with van der Waals surface area (Å²) in [6.45, 7) is 0. The summed E-state index contributed by atoms with van der Waals surface area (Å²) in [5, 5.41) is 16.3. The van der Waals surface area contributed by atoms with Gasteiger partial charge in [-0.2, -0.15) is 5.26 Å². The number of para-hydroxylation sites is 3. The van der Waals surface area contributed by atoms with Gasteiger partial charge in [-0.15, -0.1) is 0 Å². The lowest BCUT2D eigenvalue weighted by atomic mass is 10.0. The summed E-state index contributed by atoms with van der Waals surface area (Å²) in [7, 11) is 0. The first-order valence-electron chi connectivity index (χ1n) is 17.8. The summed E-state index contributed by atoms with van der Waals surface area (Å²) < 4.78 is 11.1. The number of benzene rings is 8.